The van der Waals surface area contributed by atoms with Gasteiger partial charge in [0.05, 0.1) is 0 Å². The summed E-state index contributed by atoms with van der Waals surface area (Å²) in [6.45, 7) is 3.49. The highest BCUT2D eigenvalue weighted by Gasteiger charge is 2.17. The fraction of sp³-hybridized carbons (Fsp3) is 0.533. The average molecular weight is 297 g/mol. The summed E-state index contributed by atoms with van der Waals surface area (Å²) < 4.78 is 5.64. The number of halogens is 1. The SMILES string of the molecule is CC(NC(=O)N1CCCCCC1)Oc1ccc(Cl)cc1. The lowest BCUT2D eigenvalue weighted by Crippen LogP contribution is -2.46. The lowest BCUT2D eigenvalue weighted by atomic mass is 10.2. The van der Waals surface area contributed by atoms with Gasteiger partial charge < -0.3 is 15.0 Å². The third-order valence-corrected chi connectivity index (χ3v) is 3.60. The first kappa shape index (κ1) is 15.0. The van der Waals surface area contributed by atoms with Crippen molar-refractivity contribution in [1.82, 2.24) is 10.2 Å². The van der Waals surface area contributed by atoms with Gasteiger partial charge >= 0.3 is 6.03 Å². The van der Waals surface area contributed by atoms with E-state index < -0.39 is 0 Å². The van der Waals surface area contributed by atoms with Crippen LogP contribution in [0, 0.1) is 0 Å². The van der Waals surface area contributed by atoms with Gasteiger partial charge in [0.25, 0.3) is 0 Å². The molecular weight excluding hydrogens is 276 g/mol. The van der Waals surface area contributed by atoms with Gasteiger partial charge in [0.2, 0.25) is 0 Å². The van der Waals surface area contributed by atoms with Gasteiger partial charge in [-0.15, -0.1) is 0 Å². The summed E-state index contributed by atoms with van der Waals surface area (Å²) in [4.78, 5) is 14.0. The van der Waals surface area contributed by atoms with Gasteiger partial charge in [-0.2, -0.15) is 0 Å². The number of hydrogen-bond acceptors (Lipinski definition) is 2. The molecule has 0 bridgehead atoms. The zero-order chi connectivity index (χ0) is 14.4. The summed E-state index contributed by atoms with van der Waals surface area (Å²) in [6.07, 6.45) is 4.22. The Morgan fingerprint density at radius 3 is 2.40 bits per heavy atom. The van der Waals surface area contributed by atoms with Crippen LogP contribution < -0.4 is 10.1 Å². The molecule has 0 aromatic heterocycles. The minimum Gasteiger partial charge on any atom is -0.471 e. The Balaban J connectivity index is 1.82. The van der Waals surface area contributed by atoms with Crippen molar-refractivity contribution in [2.75, 3.05) is 13.1 Å². The monoisotopic (exact) mass is 296 g/mol. The molecule has 0 aliphatic carbocycles. The Morgan fingerprint density at radius 2 is 1.80 bits per heavy atom. The van der Waals surface area contributed by atoms with E-state index in [2.05, 4.69) is 5.32 Å². The normalized spacial score (nSPS) is 17.2. The molecular formula is C15H21ClN2O2. The van der Waals surface area contributed by atoms with Crippen LogP contribution in [0.2, 0.25) is 5.02 Å². The first-order valence-electron chi connectivity index (χ1n) is 7.13. The van der Waals surface area contributed by atoms with E-state index in [1.165, 1.54) is 12.8 Å². The third-order valence-electron chi connectivity index (χ3n) is 3.35. The lowest BCUT2D eigenvalue weighted by molar-refractivity contribution is 0.154. The highest BCUT2D eigenvalue weighted by atomic mass is 35.5. The number of rotatable bonds is 3. The molecule has 1 aromatic carbocycles. The fourth-order valence-corrected chi connectivity index (χ4v) is 2.41. The molecule has 1 heterocycles. The molecule has 0 radical (unpaired) electrons. The van der Waals surface area contributed by atoms with Crippen LogP contribution in [0.4, 0.5) is 4.79 Å². The number of carbonyl (C=O) groups is 1. The van der Waals surface area contributed by atoms with Gasteiger partial charge in [-0.25, -0.2) is 4.79 Å². The summed E-state index contributed by atoms with van der Waals surface area (Å²) in [5, 5.41) is 3.54. The van der Waals surface area contributed by atoms with Crippen LogP contribution in [0.1, 0.15) is 32.6 Å². The van der Waals surface area contributed by atoms with Crippen molar-refractivity contribution < 1.29 is 9.53 Å². The van der Waals surface area contributed by atoms with Gasteiger partial charge in [0.1, 0.15) is 5.75 Å². The second-order valence-corrected chi connectivity index (χ2v) is 5.50. The number of urea groups is 1. The van der Waals surface area contributed by atoms with Crippen LogP contribution in [0.15, 0.2) is 24.3 Å². The van der Waals surface area contributed by atoms with Crippen molar-refractivity contribution in [2.45, 2.75) is 38.8 Å². The Hall–Kier alpha value is -1.42. The van der Waals surface area contributed by atoms with Crippen LogP contribution in [0.5, 0.6) is 5.75 Å². The molecule has 5 heteroatoms. The Kier molecular flexibility index (Phi) is 5.53. The summed E-state index contributed by atoms with van der Waals surface area (Å²) in [5.74, 6) is 0.693. The van der Waals surface area contributed by atoms with E-state index in [9.17, 15) is 4.79 Å². The number of ether oxygens (including phenoxy) is 1. The molecule has 2 rings (SSSR count). The van der Waals surface area contributed by atoms with Gasteiger partial charge in [0.15, 0.2) is 6.23 Å². The van der Waals surface area contributed by atoms with Crippen LogP contribution >= 0.6 is 11.6 Å². The summed E-state index contributed by atoms with van der Waals surface area (Å²) in [7, 11) is 0. The minimum absolute atomic E-state index is 0.0478. The van der Waals surface area contributed by atoms with E-state index in [-0.39, 0.29) is 12.3 Å². The largest absolute Gasteiger partial charge is 0.471 e. The molecule has 110 valence electrons. The zero-order valence-corrected chi connectivity index (χ0v) is 12.5. The van der Waals surface area contributed by atoms with E-state index in [1.54, 1.807) is 24.3 Å². The maximum Gasteiger partial charge on any atom is 0.320 e. The fourth-order valence-electron chi connectivity index (χ4n) is 2.29. The number of nitrogens with one attached hydrogen (secondary N) is 1. The van der Waals surface area contributed by atoms with Crippen LogP contribution in [0.25, 0.3) is 0 Å². The molecule has 1 atom stereocenters. The summed E-state index contributed by atoms with van der Waals surface area (Å²) in [5.41, 5.74) is 0. The van der Waals surface area contributed by atoms with Gasteiger partial charge in [-0.1, -0.05) is 24.4 Å². The van der Waals surface area contributed by atoms with Crippen molar-refractivity contribution in [2.24, 2.45) is 0 Å². The highest BCUT2D eigenvalue weighted by molar-refractivity contribution is 6.30. The molecule has 1 fully saturated rings. The molecule has 0 spiro atoms. The van der Waals surface area contributed by atoms with E-state index in [0.717, 1.165) is 25.9 Å². The second-order valence-electron chi connectivity index (χ2n) is 5.06. The summed E-state index contributed by atoms with van der Waals surface area (Å²) in [6, 6.07) is 7.06. The minimum atomic E-state index is -0.369. The molecule has 1 aromatic rings. The number of likely N-dealkylation sites (tertiary alicyclic amines) is 1. The molecule has 4 nitrogen and oxygen atoms in total. The maximum atomic E-state index is 12.1. The number of amides is 2. The predicted molar refractivity (Wildman–Crippen MR) is 80.1 cm³/mol. The number of carbonyl (C=O) groups excluding carboxylic acids is 1. The van der Waals surface area contributed by atoms with Crippen molar-refractivity contribution >= 4 is 17.6 Å². The second kappa shape index (κ2) is 7.39. The first-order chi connectivity index (χ1) is 9.65. The molecule has 1 unspecified atom stereocenters. The molecule has 20 heavy (non-hydrogen) atoms. The maximum absolute atomic E-state index is 12.1. The van der Waals surface area contributed by atoms with Gasteiger partial charge in [-0.3, -0.25) is 0 Å². The molecule has 1 aliphatic rings. The van der Waals surface area contributed by atoms with E-state index >= 15 is 0 Å². The Labute approximate surface area is 125 Å². The smallest absolute Gasteiger partial charge is 0.320 e. The first-order valence-corrected chi connectivity index (χ1v) is 7.50. The Bertz CT molecular complexity index is 428. The lowest BCUT2D eigenvalue weighted by Gasteiger charge is -2.24. The third kappa shape index (κ3) is 4.60. The predicted octanol–water partition coefficient (Wildman–Crippen LogP) is 3.65. The standard InChI is InChI=1S/C15H21ClN2O2/c1-12(20-14-8-6-13(16)7-9-14)17-15(19)18-10-4-2-3-5-11-18/h6-9,12H,2-5,10-11H2,1H3,(H,17,19). The van der Waals surface area contributed by atoms with E-state index in [1.807, 2.05) is 11.8 Å². The van der Waals surface area contributed by atoms with Crippen LogP contribution in [-0.2, 0) is 0 Å². The van der Waals surface area contributed by atoms with E-state index in [4.69, 9.17) is 16.3 Å². The average Bonchev–Trinajstić information content (AvgIpc) is 2.70. The quantitative estimate of drug-likeness (QED) is 0.865. The van der Waals surface area contributed by atoms with Crippen LogP contribution in [-0.4, -0.2) is 30.2 Å². The molecule has 1 saturated heterocycles. The molecule has 1 aliphatic heterocycles. The topological polar surface area (TPSA) is 41.6 Å². The molecule has 2 amide bonds. The zero-order valence-electron chi connectivity index (χ0n) is 11.8. The van der Waals surface area contributed by atoms with Crippen molar-refractivity contribution in [1.29, 1.82) is 0 Å². The van der Waals surface area contributed by atoms with E-state index in [0.29, 0.717) is 10.8 Å². The van der Waals surface area contributed by atoms with Crippen molar-refractivity contribution in [3.8, 4) is 5.75 Å². The number of benzene rings is 1. The van der Waals surface area contributed by atoms with Gasteiger partial charge in [-0.05, 0) is 44.0 Å². The number of nitrogens with zero attached hydrogens (tertiary/aromatic N) is 1. The molecule has 0 saturated carbocycles. The van der Waals surface area contributed by atoms with Crippen molar-refractivity contribution in [3.63, 3.8) is 0 Å². The highest BCUT2D eigenvalue weighted by Crippen LogP contribution is 2.16. The Morgan fingerprint density at radius 1 is 1.20 bits per heavy atom. The molecule has 1 N–H and O–H groups in total. The van der Waals surface area contributed by atoms with Crippen molar-refractivity contribution in [3.05, 3.63) is 29.3 Å². The number of hydrogen-bond donors (Lipinski definition) is 1. The van der Waals surface area contributed by atoms with Crippen LogP contribution in [0.3, 0.4) is 0 Å². The van der Waals surface area contributed by atoms with Gasteiger partial charge in [0, 0.05) is 18.1 Å². The summed E-state index contributed by atoms with van der Waals surface area (Å²) >= 11 is 5.82.